The highest BCUT2D eigenvalue weighted by atomic mass is 35.5. The molecule has 3 aromatic rings. The zero-order chi connectivity index (χ0) is 31.8. The zero-order valence-electron chi connectivity index (χ0n) is 27.4. The number of hydrogen-bond donors (Lipinski definition) is 0. The molecule has 244 valence electrons. The minimum absolute atomic E-state index is 0.0767. The number of fused-ring (bicyclic) bond motifs is 3. The van der Waals surface area contributed by atoms with Gasteiger partial charge < -0.3 is 24.3 Å². The van der Waals surface area contributed by atoms with Crippen LogP contribution in [0.25, 0.3) is 10.8 Å². The molecule has 0 aliphatic carbocycles. The second kappa shape index (κ2) is 13.0. The number of halogens is 1. The third-order valence-electron chi connectivity index (χ3n) is 10.6. The molecule has 10 heteroatoms. The maximum atomic E-state index is 12.9. The van der Waals surface area contributed by atoms with Crippen molar-refractivity contribution in [2.75, 3.05) is 76.8 Å². The molecule has 46 heavy (non-hydrogen) atoms. The summed E-state index contributed by atoms with van der Waals surface area (Å²) in [5.41, 5.74) is 3.42. The first kappa shape index (κ1) is 31.2. The molecule has 0 saturated carbocycles. The third-order valence-corrected chi connectivity index (χ3v) is 10.9. The van der Waals surface area contributed by atoms with Crippen LogP contribution in [0.4, 0.5) is 11.5 Å². The van der Waals surface area contributed by atoms with Crippen molar-refractivity contribution >= 4 is 39.8 Å². The fourth-order valence-electron chi connectivity index (χ4n) is 8.05. The fourth-order valence-corrected chi connectivity index (χ4v) is 8.33. The van der Waals surface area contributed by atoms with Gasteiger partial charge in [0.1, 0.15) is 12.4 Å². The number of likely N-dealkylation sites (tertiary alicyclic amines) is 1. The molecule has 0 spiro atoms. The van der Waals surface area contributed by atoms with Crippen molar-refractivity contribution in [3.63, 3.8) is 0 Å². The largest absolute Gasteiger partial charge is 0.461 e. The van der Waals surface area contributed by atoms with Gasteiger partial charge in [-0.1, -0.05) is 41.9 Å². The number of likely N-dealkylation sites (N-methyl/N-ethyl adjacent to an activating group) is 2. The van der Waals surface area contributed by atoms with Gasteiger partial charge in [0.05, 0.1) is 22.8 Å². The van der Waals surface area contributed by atoms with Crippen molar-refractivity contribution in [3.05, 3.63) is 64.8 Å². The second-order valence-corrected chi connectivity index (χ2v) is 14.2. The Morgan fingerprint density at radius 3 is 2.63 bits per heavy atom. The highest BCUT2D eigenvalue weighted by Gasteiger charge is 2.45. The first-order valence-electron chi connectivity index (χ1n) is 16.8. The van der Waals surface area contributed by atoms with Crippen LogP contribution in [-0.2, 0) is 17.8 Å². The number of benzene rings is 2. The van der Waals surface area contributed by atoms with E-state index in [1.807, 2.05) is 37.2 Å². The average molecular weight is 644 g/mol. The lowest BCUT2D eigenvalue weighted by atomic mass is 9.95. The predicted octanol–water partition coefficient (Wildman–Crippen LogP) is 5.01. The van der Waals surface area contributed by atoms with Gasteiger partial charge in [0.2, 0.25) is 5.91 Å². The van der Waals surface area contributed by atoms with Gasteiger partial charge in [0, 0.05) is 62.0 Å². The van der Waals surface area contributed by atoms with E-state index < -0.39 is 0 Å². The van der Waals surface area contributed by atoms with E-state index >= 15 is 0 Å². The molecule has 0 radical (unpaired) electrons. The number of aromatic nitrogens is 2. The van der Waals surface area contributed by atoms with Gasteiger partial charge in [-0.15, -0.1) is 0 Å². The summed E-state index contributed by atoms with van der Waals surface area (Å²) < 4.78 is 6.56. The summed E-state index contributed by atoms with van der Waals surface area (Å²) in [7, 11) is 6.13. The lowest BCUT2D eigenvalue weighted by molar-refractivity contribution is -0.125. The van der Waals surface area contributed by atoms with Crippen molar-refractivity contribution in [1.82, 2.24) is 24.7 Å². The molecule has 4 aliphatic heterocycles. The predicted molar refractivity (Wildman–Crippen MR) is 185 cm³/mol. The van der Waals surface area contributed by atoms with Crippen LogP contribution in [0.5, 0.6) is 6.01 Å². The van der Waals surface area contributed by atoms with Gasteiger partial charge >= 0.3 is 6.01 Å². The molecule has 3 saturated heterocycles. The summed E-state index contributed by atoms with van der Waals surface area (Å²) in [6, 6.07) is 13.1. The van der Waals surface area contributed by atoms with E-state index in [0.717, 1.165) is 78.6 Å². The number of amides is 1. The molecule has 1 aromatic heterocycles. The lowest BCUT2D eigenvalue weighted by Gasteiger charge is -2.35. The van der Waals surface area contributed by atoms with Crippen LogP contribution in [0.3, 0.4) is 0 Å². The van der Waals surface area contributed by atoms with Crippen molar-refractivity contribution in [2.24, 2.45) is 0 Å². The molecule has 0 unspecified atom stereocenters. The van der Waals surface area contributed by atoms with Gasteiger partial charge in [-0.3, -0.25) is 9.69 Å². The molecule has 2 aromatic carbocycles. The van der Waals surface area contributed by atoms with E-state index in [2.05, 4.69) is 50.9 Å². The van der Waals surface area contributed by atoms with E-state index in [1.165, 1.54) is 31.2 Å². The number of ether oxygens (including phenoxy) is 1. The standard InChI is InChI=1S/C36H46ClN7O2/c1-40(2)18-6-13-32(45)43-21-14-27(23-43)41(3)34-28-15-22-42(31-12-5-10-26-9-4-11-29(37)33(26)31)24-30(28)38-35(39-34)46-25-36-16-7-19-44(36)20-8-17-36/h4-6,9-13,27H,7-8,14-25H2,1-3H3/b13-6+/t27-/m1/s1. The Kier molecular flexibility index (Phi) is 8.83. The SMILES string of the molecule is CN(C)C/C=C/C(=O)N1CC[C@@H](N(C)c2nc(OCC34CCCN3CCC4)nc3c2CCN(c2cccc4cccc(Cl)c24)C3)C1. The van der Waals surface area contributed by atoms with Crippen LogP contribution in [0.15, 0.2) is 48.6 Å². The van der Waals surface area contributed by atoms with Gasteiger partial charge in [0.25, 0.3) is 0 Å². The number of carbonyl (C=O) groups excluding carboxylic acids is 1. The molecule has 5 heterocycles. The van der Waals surface area contributed by atoms with Crippen molar-refractivity contribution in [1.29, 1.82) is 0 Å². The number of hydrogen-bond acceptors (Lipinski definition) is 8. The van der Waals surface area contributed by atoms with Crippen LogP contribution in [0, 0.1) is 0 Å². The second-order valence-electron chi connectivity index (χ2n) is 13.8. The first-order chi connectivity index (χ1) is 22.3. The molecular weight excluding hydrogens is 598 g/mol. The van der Waals surface area contributed by atoms with Crippen LogP contribution >= 0.6 is 11.6 Å². The van der Waals surface area contributed by atoms with E-state index in [4.69, 9.17) is 26.3 Å². The van der Waals surface area contributed by atoms with E-state index in [-0.39, 0.29) is 17.5 Å². The molecule has 1 atom stereocenters. The van der Waals surface area contributed by atoms with Gasteiger partial charge in [-0.05, 0) is 83.2 Å². The number of nitrogens with zero attached hydrogens (tertiary/aromatic N) is 7. The molecule has 0 bridgehead atoms. The highest BCUT2D eigenvalue weighted by Crippen LogP contribution is 2.40. The topological polar surface area (TPSA) is 68.3 Å². The zero-order valence-corrected chi connectivity index (χ0v) is 28.2. The van der Waals surface area contributed by atoms with Crippen molar-refractivity contribution < 1.29 is 9.53 Å². The van der Waals surface area contributed by atoms with Gasteiger partial charge in [-0.2, -0.15) is 9.97 Å². The lowest BCUT2D eigenvalue weighted by Crippen LogP contribution is -2.44. The molecule has 7 rings (SSSR count). The number of rotatable bonds is 9. The van der Waals surface area contributed by atoms with Gasteiger partial charge in [-0.25, -0.2) is 0 Å². The Balaban J connectivity index is 1.17. The molecular formula is C36H46ClN7O2. The summed E-state index contributed by atoms with van der Waals surface area (Å²) in [6.07, 6.45) is 10.2. The summed E-state index contributed by atoms with van der Waals surface area (Å²) >= 11 is 6.75. The number of carbonyl (C=O) groups is 1. The van der Waals surface area contributed by atoms with E-state index in [9.17, 15) is 4.79 Å². The Morgan fingerprint density at radius 2 is 1.85 bits per heavy atom. The monoisotopic (exact) mass is 643 g/mol. The van der Waals surface area contributed by atoms with Gasteiger partial charge in [0.15, 0.2) is 0 Å². The fraction of sp³-hybridized carbons (Fsp3) is 0.528. The molecule has 3 fully saturated rings. The van der Waals surface area contributed by atoms with E-state index in [0.29, 0.717) is 25.7 Å². The third kappa shape index (κ3) is 6.05. The summed E-state index contributed by atoms with van der Waals surface area (Å²) in [6.45, 7) is 6.61. The molecule has 0 N–H and O–H groups in total. The Hall–Kier alpha value is -3.40. The molecule has 4 aliphatic rings. The van der Waals surface area contributed by atoms with Crippen molar-refractivity contribution in [2.45, 2.75) is 56.7 Å². The first-order valence-corrected chi connectivity index (χ1v) is 17.2. The van der Waals surface area contributed by atoms with Crippen LogP contribution in [-0.4, -0.2) is 109 Å². The molecule has 9 nitrogen and oxygen atoms in total. The summed E-state index contributed by atoms with van der Waals surface area (Å²) in [5, 5.41) is 2.98. The molecule has 1 amide bonds. The number of anilines is 2. The Bertz CT molecular complexity index is 1610. The minimum atomic E-state index is 0.0767. The maximum Gasteiger partial charge on any atom is 0.318 e. The Labute approximate surface area is 277 Å². The van der Waals surface area contributed by atoms with Crippen LogP contribution in [0.1, 0.15) is 43.4 Å². The van der Waals surface area contributed by atoms with Crippen molar-refractivity contribution in [3.8, 4) is 6.01 Å². The summed E-state index contributed by atoms with van der Waals surface area (Å²) in [5.74, 6) is 1.01. The smallest absolute Gasteiger partial charge is 0.318 e. The summed E-state index contributed by atoms with van der Waals surface area (Å²) in [4.78, 5) is 34.4. The Morgan fingerprint density at radius 1 is 1.07 bits per heavy atom. The quantitative estimate of drug-likeness (QED) is 0.302. The highest BCUT2D eigenvalue weighted by molar-refractivity contribution is 6.36. The maximum absolute atomic E-state index is 12.9. The normalized spacial score (nSPS) is 21.0. The minimum Gasteiger partial charge on any atom is -0.461 e. The van der Waals surface area contributed by atoms with Crippen LogP contribution in [0.2, 0.25) is 5.02 Å². The average Bonchev–Trinajstić information content (AvgIpc) is 3.79. The van der Waals surface area contributed by atoms with Crippen LogP contribution < -0.4 is 14.5 Å². The van der Waals surface area contributed by atoms with E-state index in [1.54, 1.807) is 6.08 Å².